The third kappa shape index (κ3) is 1.72. The molecule has 12 heavy (non-hydrogen) atoms. The molecular formula is C8H8NO3. The Balaban J connectivity index is 3.00. The minimum absolute atomic E-state index is 0.0180. The maximum absolute atomic E-state index is 10.4. The Morgan fingerprint density at radius 2 is 2.17 bits per heavy atom. The van der Waals surface area contributed by atoms with E-state index in [2.05, 4.69) is 0 Å². The summed E-state index contributed by atoms with van der Waals surface area (Å²) >= 11 is 0. The van der Waals surface area contributed by atoms with Crippen LogP contribution in [0.1, 0.15) is 6.92 Å². The van der Waals surface area contributed by atoms with Gasteiger partial charge in [-0.15, -0.1) is 0 Å². The van der Waals surface area contributed by atoms with Crippen LogP contribution >= 0.6 is 0 Å². The molecule has 0 fully saturated rings. The molecule has 1 radical (unpaired) electrons. The summed E-state index contributed by atoms with van der Waals surface area (Å²) in [7, 11) is 0. The van der Waals surface area contributed by atoms with Gasteiger partial charge in [0.15, 0.2) is 5.75 Å². The van der Waals surface area contributed by atoms with Crippen LogP contribution in [0.4, 0.5) is 5.69 Å². The third-order valence-electron chi connectivity index (χ3n) is 1.31. The van der Waals surface area contributed by atoms with Gasteiger partial charge in [0, 0.05) is 6.07 Å². The van der Waals surface area contributed by atoms with Crippen LogP contribution in [-0.4, -0.2) is 4.92 Å². The van der Waals surface area contributed by atoms with Crippen LogP contribution in [0.5, 0.6) is 5.75 Å². The van der Waals surface area contributed by atoms with E-state index in [1.54, 1.807) is 25.1 Å². The summed E-state index contributed by atoms with van der Waals surface area (Å²) in [5.41, 5.74) is -0.0180. The van der Waals surface area contributed by atoms with E-state index in [-0.39, 0.29) is 11.4 Å². The zero-order valence-corrected chi connectivity index (χ0v) is 6.56. The van der Waals surface area contributed by atoms with Gasteiger partial charge in [0.25, 0.3) is 0 Å². The van der Waals surface area contributed by atoms with Crippen molar-refractivity contribution in [2.24, 2.45) is 0 Å². The standard InChI is InChI=1S/C8H8NO3/c1-2-12-8-6-4-3-5-7(8)9(10)11/h2-6H,1H3. The molecule has 0 aromatic heterocycles. The molecular weight excluding hydrogens is 158 g/mol. The molecule has 1 rings (SSSR count). The highest BCUT2D eigenvalue weighted by atomic mass is 16.6. The first-order chi connectivity index (χ1) is 5.75. The fourth-order valence-corrected chi connectivity index (χ4v) is 0.835. The molecule has 4 heteroatoms. The van der Waals surface area contributed by atoms with E-state index < -0.39 is 4.92 Å². The molecule has 0 unspecified atom stereocenters. The minimum atomic E-state index is -0.473. The smallest absolute Gasteiger partial charge is 0.310 e. The molecule has 0 aliphatic heterocycles. The lowest BCUT2D eigenvalue weighted by Gasteiger charge is -2.01. The second-order valence-corrected chi connectivity index (χ2v) is 2.08. The van der Waals surface area contributed by atoms with E-state index in [4.69, 9.17) is 4.74 Å². The van der Waals surface area contributed by atoms with Crippen molar-refractivity contribution in [3.05, 3.63) is 41.0 Å². The topological polar surface area (TPSA) is 52.4 Å². The largest absolute Gasteiger partial charge is 0.480 e. The van der Waals surface area contributed by atoms with E-state index in [0.29, 0.717) is 0 Å². The van der Waals surface area contributed by atoms with Crippen LogP contribution in [0, 0.1) is 16.7 Å². The van der Waals surface area contributed by atoms with Gasteiger partial charge in [-0.3, -0.25) is 10.1 Å². The number of para-hydroxylation sites is 2. The van der Waals surface area contributed by atoms with Gasteiger partial charge in [0.1, 0.15) is 6.61 Å². The normalized spacial score (nSPS) is 9.42. The van der Waals surface area contributed by atoms with E-state index in [9.17, 15) is 10.1 Å². The van der Waals surface area contributed by atoms with Crippen LogP contribution in [0.15, 0.2) is 24.3 Å². The number of nitro benzene ring substituents is 1. The van der Waals surface area contributed by atoms with Crippen molar-refractivity contribution in [3.63, 3.8) is 0 Å². The Hall–Kier alpha value is -1.58. The maximum Gasteiger partial charge on any atom is 0.310 e. The molecule has 63 valence electrons. The summed E-state index contributed by atoms with van der Waals surface area (Å²) in [5.74, 6) is 0.269. The highest BCUT2D eigenvalue weighted by Gasteiger charge is 2.12. The van der Waals surface area contributed by atoms with Gasteiger partial charge in [-0.25, -0.2) is 0 Å². The number of benzene rings is 1. The molecule has 0 spiro atoms. The molecule has 0 saturated carbocycles. The average Bonchev–Trinajstić information content (AvgIpc) is 2.05. The summed E-state index contributed by atoms with van der Waals surface area (Å²) in [5, 5.41) is 10.4. The van der Waals surface area contributed by atoms with Crippen LogP contribution in [0.25, 0.3) is 0 Å². The fraction of sp³-hybridized carbons (Fsp3) is 0.125. The van der Waals surface area contributed by atoms with Crippen LogP contribution < -0.4 is 4.74 Å². The van der Waals surface area contributed by atoms with Crippen molar-refractivity contribution in [1.29, 1.82) is 0 Å². The van der Waals surface area contributed by atoms with Crippen LogP contribution in [-0.2, 0) is 0 Å². The molecule has 1 aromatic rings. The lowest BCUT2D eigenvalue weighted by molar-refractivity contribution is -0.385. The molecule has 0 heterocycles. The average molecular weight is 166 g/mol. The molecule has 4 nitrogen and oxygen atoms in total. The summed E-state index contributed by atoms with van der Waals surface area (Å²) in [6, 6.07) is 6.24. The quantitative estimate of drug-likeness (QED) is 0.510. The summed E-state index contributed by atoms with van der Waals surface area (Å²) < 4.78 is 4.93. The van der Waals surface area contributed by atoms with E-state index >= 15 is 0 Å². The van der Waals surface area contributed by atoms with Crippen molar-refractivity contribution in [2.45, 2.75) is 6.92 Å². The van der Waals surface area contributed by atoms with E-state index in [0.717, 1.165) is 0 Å². The Morgan fingerprint density at radius 1 is 1.50 bits per heavy atom. The number of nitrogens with zero attached hydrogens (tertiary/aromatic N) is 1. The molecule has 0 N–H and O–H groups in total. The predicted molar refractivity (Wildman–Crippen MR) is 43.7 cm³/mol. The Bertz CT molecular complexity index is 285. The number of ether oxygens (including phenoxy) is 1. The molecule has 1 aromatic carbocycles. The monoisotopic (exact) mass is 166 g/mol. The highest BCUT2D eigenvalue weighted by Crippen LogP contribution is 2.25. The SMILES string of the molecule is C[CH]Oc1ccccc1[N+](=O)[O-]. The molecule has 0 amide bonds. The lowest BCUT2D eigenvalue weighted by atomic mass is 10.3. The summed E-state index contributed by atoms with van der Waals surface area (Å²) in [6.07, 6.45) is 0. The summed E-state index contributed by atoms with van der Waals surface area (Å²) in [6.45, 7) is 3.07. The number of rotatable bonds is 3. The zero-order chi connectivity index (χ0) is 8.97. The first-order valence-corrected chi connectivity index (χ1v) is 3.43. The minimum Gasteiger partial charge on any atom is -0.480 e. The summed E-state index contributed by atoms with van der Waals surface area (Å²) in [4.78, 5) is 9.93. The van der Waals surface area contributed by atoms with E-state index in [1.807, 2.05) is 0 Å². The second kappa shape index (κ2) is 3.71. The molecule has 0 saturated heterocycles. The lowest BCUT2D eigenvalue weighted by Crippen LogP contribution is -1.93. The molecule has 0 aliphatic rings. The highest BCUT2D eigenvalue weighted by molar-refractivity contribution is 5.45. The van der Waals surface area contributed by atoms with Gasteiger partial charge in [-0.2, -0.15) is 0 Å². The predicted octanol–water partition coefficient (Wildman–Crippen LogP) is 2.16. The van der Waals surface area contributed by atoms with Crippen molar-refractivity contribution < 1.29 is 9.66 Å². The Morgan fingerprint density at radius 3 is 2.75 bits per heavy atom. The van der Waals surface area contributed by atoms with E-state index in [1.165, 1.54) is 12.7 Å². The Kier molecular flexibility index (Phi) is 2.63. The zero-order valence-electron chi connectivity index (χ0n) is 6.56. The van der Waals surface area contributed by atoms with Crippen LogP contribution in [0.2, 0.25) is 0 Å². The molecule has 0 aliphatic carbocycles. The van der Waals surface area contributed by atoms with Crippen LogP contribution in [0.3, 0.4) is 0 Å². The van der Waals surface area contributed by atoms with Gasteiger partial charge in [-0.05, 0) is 13.0 Å². The third-order valence-corrected chi connectivity index (χ3v) is 1.31. The van der Waals surface area contributed by atoms with Crippen molar-refractivity contribution in [2.75, 3.05) is 0 Å². The maximum atomic E-state index is 10.4. The fourth-order valence-electron chi connectivity index (χ4n) is 0.835. The van der Waals surface area contributed by atoms with Gasteiger partial charge >= 0.3 is 5.69 Å². The van der Waals surface area contributed by atoms with Gasteiger partial charge in [0.05, 0.1) is 4.92 Å². The first kappa shape index (κ1) is 8.52. The van der Waals surface area contributed by atoms with Crippen molar-refractivity contribution in [3.8, 4) is 5.75 Å². The van der Waals surface area contributed by atoms with Crippen molar-refractivity contribution in [1.82, 2.24) is 0 Å². The second-order valence-electron chi connectivity index (χ2n) is 2.08. The van der Waals surface area contributed by atoms with Gasteiger partial charge < -0.3 is 4.74 Å². The first-order valence-electron chi connectivity index (χ1n) is 3.43. The molecule has 0 atom stereocenters. The number of nitro groups is 1. The number of hydrogen-bond donors (Lipinski definition) is 0. The Labute approximate surface area is 69.9 Å². The van der Waals surface area contributed by atoms with Gasteiger partial charge in [-0.1, -0.05) is 12.1 Å². The van der Waals surface area contributed by atoms with Crippen molar-refractivity contribution >= 4 is 5.69 Å². The van der Waals surface area contributed by atoms with Gasteiger partial charge in [0.2, 0.25) is 0 Å². The molecule has 0 bridgehead atoms. The number of hydrogen-bond acceptors (Lipinski definition) is 3.